The highest BCUT2D eigenvalue weighted by atomic mass is 15.4. The Morgan fingerprint density at radius 2 is 1.73 bits per heavy atom. The minimum absolute atomic E-state index is 0.673. The smallest absolute Gasteiger partial charge is 0.134 e. The summed E-state index contributed by atoms with van der Waals surface area (Å²) in [4.78, 5) is 2.63. The van der Waals surface area contributed by atoms with Gasteiger partial charge in [-0.25, -0.2) is 4.68 Å². The second-order valence-electron chi connectivity index (χ2n) is 8.83. The molecule has 6 heteroatoms. The molecule has 4 heterocycles. The van der Waals surface area contributed by atoms with E-state index in [0.717, 1.165) is 40.1 Å². The van der Waals surface area contributed by atoms with Crippen LogP contribution in [0.2, 0.25) is 0 Å². The van der Waals surface area contributed by atoms with Crippen LogP contribution in [0.25, 0.3) is 28.0 Å². The fourth-order valence-electron chi connectivity index (χ4n) is 5.44. The predicted molar refractivity (Wildman–Crippen MR) is 118 cm³/mol. The summed E-state index contributed by atoms with van der Waals surface area (Å²) in [7, 11) is 2.32. The molecule has 2 fully saturated rings. The molecule has 6 rings (SSSR count). The molecule has 2 bridgehead atoms. The minimum Gasteiger partial charge on any atom is -0.300 e. The van der Waals surface area contributed by atoms with E-state index in [-0.39, 0.29) is 0 Å². The van der Waals surface area contributed by atoms with E-state index in [1.165, 1.54) is 37.7 Å². The number of fused-ring (bicyclic) bond motifs is 3. The summed E-state index contributed by atoms with van der Waals surface area (Å²) in [6.45, 7) is 0. The van der Waals surface area contributed by atoms with Crippen molar-refractivity contribution in [1.29, 1.82) is 0 Å². The van der Waals surface area contributed by atoms with Gasteiger partial charge in [0.05, 0.1) is 17.4 Å². The molecule has 0 radical (unpaired) electrons. The second kappa shape index (κ2) is 7.06. The van der Waals surface area contributed by atoms with E-state index in [0.29, 0.717) is 5.92 Å². The zero-order chi connectivity index (χ0) is 20.1. The normalized spacial score (nSPS) is 24.4. The lowest BCUT2D eigenvalue weighted by Gasteiger charge is -2.47. The van der Waals surface area contributed by atoms with Crippen molar-refractivity contribution in [2.24, 2.45) is 0 Å². The molecular weight excluding hydrogens is 372 g/mol. The molecule has 152 valence electrons. The van der Waals surface area contributed by atoms with Gasteiger partial charge in [-0.1, -0.05) is 42.0 Å². The van der Waals surface area contributed by atoms with Crippen LogP contribution < -0.4 is 0 Å². The number of para-hydroxylation sites is 1. The summed E-state index contributed by atoms with van der Waals surface area (Å²) in [5.41, 5.74) is 5.12. The first-order valence-corrected chi connectivity index (χ1v) is 10.9. The van der Waals surface area contributed by atoms with E-state index in [1.807, 2.05) is 29.1 Å². The van der Waals surface area contributed by atoms with Crippen molar-refractivity contribution in [3.63, 3.8) is 0 Å². The van der Waals surface area contributed by atoms with Gasteiger partial charge >= 0.3 is 0 Å². The molecule has 0 amide bonds. The molecule has 30 heavy (non-hydrogen) atoms. The van der Waals surface area contributed by atoms with Gasteiger partial charge in [-0.05, 0) is 62.4 Å². The number of rotatable bonds is 3. The third-order valence-electron chi connectivity index (χ3n) is 7.18. The number of nitrogens with one attached hydrogen (secondary N) is 1. The molecule has 2 atom stereocenters. The summed E-state index contributed by atoms with van der Waals surface area (Å²) < 4.78 is 1.84. The van der Waals surface area contributed by atoms with Crippen LogP contribution in [0.5, 0.6) is 0 Å². The van der Waals surface area contributed by atoms with Crippen molar-refractivity contribution >= 4 is 10.9 Å². The standard InChI is InChI=1S/C24H26N6/c1-29-19-5-4-6-20(29)14-17(13-19)16-9-11-18(12-10-16)30-15-23(26-28-30)24-21-7-2-3-8-22(21)25-27-24/h2-3,7-12,15,17,19-20H,4-6,13-14H2,1H3,(H,25,27). The number of aromatic amines is 1. The fraction of sp³-hybridized carbons (Fsp3) is 0.375. The highest BCUT2D eigenvalue weighted by Crippen LogP contribution is 2.40. The molecule has 2 unspecified atom stereocenters. The van der Waals surface area contributed by atoms with Crippen LogP contribution >= 0.6 is 0 Å². The van der Waals surface area contributed by atoms with Crippen LogP contribution in [-0.2, 0) is 0 Å². The van der Waals surface area contributed by atoms with Crippen LogP contribution in [-0.4, -0.2) is 49.2 Å². The van der Waals surface area contributed by atoms with E-state index in [2.05, 4.69) is 62.8 Å². The predicted octanol–water partition coefficient (Wildman–Crippen LogP) is 4.54. The van der Waals surface area contributed by atoms with Crippen molar-refractivity contribution in [3.05, 3.63) is 60.3 Å². The van der Waals surface area contributed by atoms with Crippen LogP contribution in [0.4, 0.5) is 0 Å². The SMILES string of the molecule is CN1C2CCCC1CC(c1ccc(-n3cc(-c4n[nH]c5ccccc45)nn3)cc1)C2. The number of benzene rings is 2. The Balaban J connectivity index is 1.24. The first-order valence-electron chi connectivity index (χ1n) is 10.9. The van der Waals surface area contributed by atoms with E-state index >= 15 is 0 Å². The summed E-state index contributed by atoms with van der Waals surface area (Å²) in [6, 6.07) is 18.5. The van der Waals surface area contributed by atoms with Crippen LogP contribution in [0, 0.1) is 0 Å². The third-order valence-corrected chi connectivity index (χ3v) is 7.18. The Bertz CT molecular complexity index is 1160. The molecule has 2 aromatic heterocycles. The van der Waals surface area contributed by atoms with Gasteiger partial charge in [0.1, 0.15) is 11.4 Å². The van der Waals surface area contributed by atoms with Crippen LogP contribution in [0.1, 0.15) is 43.6 Å². The van der Waals surface area contributed by atoms with Gasteiger partial charge in [-0.15, -0.1) is 5.10 Å². The Hall–Kier alpha value is -2.99. The maximum atomic E-state index is 4.44. The van der Waals surface area contributed by atoms with Crippen molar-refractivity contribution in [3.8, 4) is 17.1 Å². The van der Waals surface area contributed by atoms with Crippen molar-refractivity contribution in [2.75, 3.05) is 7.05 Å². The Morgan fingerprint density at radius 1 is 0.967 bits per heavy atom. The van der Waals surface area contributed by atoms with Crippen molar-refractivity contribution in [1.82, 2.24) is 30.1 Å². The molecule has 2 aliphatic heterocycles. The molecule has 2 aliphatic rings. The molecule has 0 aliphatic carbocycles. The zero-order valence-electron chi connectivity index (χ0n) is 17.2. The number of piperidine rings is 2. The highest BCUT2D eigenvalue weighted by molar-refractivity contribution is 5.91. The summed E-state index contributed by atoms with van der Waals surface area (Å²) in [5, 5.41) is 17.3. The lowest BCUT2D eigenvalue weighted by Crippen LogP contribution is -2.49. The van der Waals surface area contributed by atoms with Gasteiger partial charge < -0.3 is 4.90 Å². The maximum absolute atomic E-state index is 4.44. The number of nitrogens with zero attached hydrogens (tertiary/aromatic N) is 5. The molecule has 6 nitrogen and oxygen atoms in total. The largest absolute Gasteiger partial charge is 0.300 e. The first kappa shape index (κ1) is 17.8. The Morgan fingerprint density at radius 3 is 2.53 bits per heavy atom. The summed E-state index contributed by atoms with van der Waals surface area (Å²) in [6.07, 6.45) is 8.62. The van der Waals surface area contributed by atoms with Crippen molar-refractivity contribution in [2.45, 2.75) is 50.1 Å². The number of aromatic nitrogens is 5. The first-order chi connectivity index (χ1) is 14.8. The molecule has 2 saturated heterocycles. The average Bonchev–Trinajstić information content (AvgIpc) is 3.41. The third kappa shape index (κ3) is 2.94. The minimum atomic E-state index is 0.673. The van der Waals surface area contributed by atoms with Gasteiger partial charge in [0.2, 0.25) is 0 Å². The Labute approximate surface area is 175 Å². The van der Waals surface area contributed by atoms with Crippen LogP contribution in [0.3, 0.4) is 0 Å². The zero-order valence-corrected chi connectivity index (χ0v) is 17.2. The molecular formula is C24H26N6. The fourth-order valence-corrected chi connectivity index (χ4v) is 5.44. The van der Waals surface area contributed by atoms with Gasteiger partial charge in [0.15, 0.2) is 0 Å². The lowest BCUT2D eigenvalue weighted by molar-refractivity contribution is 0.0555. The molecule has 2 aromatic carbocycles. The van der Waals surface area contributed by atoms with E-state index in [1.54, 1.807) is 0 Å². The van der Waals surface area contributed by atoms with Gasteiger partial charge in [-0.3, -0.25) is 5.10 Å². The van der Waals surface area contributed by atoms with Gasteiger partial charge in [0, 0.05) is 17.5 Å². The number of hydrogen-bond acceptors (Lipinski definition) is 4. The second-order valence-corrected chi connectivity index (χ2v) is 8.83. The number of H-pyrrole nitrogens is 1. The lowest BCUT2D eigenvalue weighted by atomic mass is 9.76. The van der Waals surface area contributed by atoms with Crippen LogP contribution in [0.15, 0.2) is 54.7 Å². The van der Waals surface area contributed by atoms with E-state index in [9.17, 15) is 0 Å². The molecule has 4 aromatic rings. The monoisotopic (exact) mass is 398 g/mol. The van der Waals surface area contributed by atoms with E-state index < -0.39 is 0 Å². The molecule has 1 N–H and O–H groups in total. The molecule has 0 saturated carbocycles. The topological polar surface area (TPSA) is 62.6 Å². The number of hydrogen-bond donors (Lipinski definition) is 1. The van der Waals surface area contributed by atoms with E-state index in [4.69, 9.17) is 0 Å². The molecule has 0 spiro atoms. The highest BCUT2D eigenvalue weighted by Gasteiger charge is 2.36. The van der Waals surface area contributed by atoms with Crippen molar-refractivity contribution < 1.29 is 0 Å². The van der Waals surface area contributed by atoms with Gasteiger partial charge in [0.25, 0.3) is 0 Å². The maximum Gasteiger partial charge on any atom is 0.134 e. The summed E-state index contributed by atoms with van der Waals surface area (Å²) in [5.74, 6) is 0.673. The van der Waals surface area contributed by atoms with Gasteiger partial charge in [-0.2, -0.15) is 5.10 Å². The average molecular weight is 399 g/mol. The Kier molecular flexibility index (Phi) is 4.20. The quantitative estimate of drug-likeness (QED) is 0.550. The summed E-state index contributed by atoms with van der Waals surface area (Å²) >= 11 is 0.